The Kier molecular flexibility index (Phi) is 5.95. The Balaban J connectivity index is 1.51. The third-order valence-electron chi connectivity index (χ3n) is 5.17. The Morgan fingerprint density at radius 1 is 1.09 bits per heavy atom. The lowest BCUT2D eigenvalue weighted by Crippen LogP contribution is -2.23. The van der Waals surface area contributed by atoms with Gasteiger partial charge in [0.05, 0.1) is 22.8 Å². The van der Waals surface area contributed by atoms with E-state index in [2.05, 4.69) is 20.8 Å². The summed E-state index contributed by atoms with van der Waals surface area (Å²) in [4.78, 5) is 25.6. The van der Waals surface area contributed by atoms with Gasteiger partial charge in [0.1, 0.15) is 5.69 Å². The SMILES string of the molecule is Cc1ccc(-n2nnnc2SCC(=O)Nc2c(C)n(C)n(-c3ccccc3)c2=O)c(C)c1. The summed E-state index contributed by atoms with van der Waals surface area (Å²) < 4.78 is 4.86. The van der Waals surface area contributed by atoms with Crippen molar-refractivity contribution in [3.05, 3.63) is 75.7 Å². The summed E-state index contributed by atoms with van der Waals surface area (Å²) >= 11 is 1.21. The lowest BCUT2D eigenvalue weighted by Gasteiger charge is -2.08. The second-order valence-electron chi connectivity index (χ2n) is 7.44. The molecule has 2 heterocycles. The molecule has 4 aromatic rings. The summed E-state index contributed by atoms with van der Waals surface area (Å²) in [7, 11) is 1.78. The van der Waals surface area contributed by atoms with Crippen LogP contribution >= 0.6 is 11.8 Å². The molecule has 0 unspecified atom stereocenters. The maximum atomic E-state index is 13.0. The number of nitrogens with zero attached hydrogens (tertiary/aromatic N) is 6. The second kappa shape index (κ2) is 8.83. The Hall–Kier alpha value is -3.66. The summed E-state index contributed by atoms with van der Waals surface area (Å²) in [5, 5.41) is 15.1. The van der Waals surface area contributed by atoms with Gasteiger partial charge in [-0.1, -0.05) is 47.7 Å². The number of amides is 1. The molecule has 0 spiro atoms. The lowest BCUT2D eigenvalue weighted by molar-refractivity contribution is -0.113. The van der Waals surface area contributed by atoms with E-state index in [9.17, 15) is 9.59 Å². The van der Waals surface area contributed by atoms with Crippen molar-refractivity contribution >= 4 is 23.4 Å². The number of carbonyl (C=O) groups excluding carboxylic acids is 1. The molecule has 9 nitrogen and oxygen atoms in total. The van der Waals surface area contributed by atoms with Crippen LogP contribution in [0, 0.1) is 20.8 Å². The van der Waals surface area contributed by atoms with Gasteiger partial charge in [0.15, 0.2) is 0 Å². The lowest BCUT2D eigenvalue weighted by atomic mass is 10.1. The summed E-state index contributed by atoms with van der Waals surface area (Å²) in [6.45, 7) is 5.80. The predicted octanol–water partition coefficient (Wildman–Crippen LogP) is 2.81. The van der Waals surface area contributed by atoms with Crippen molar-refractivity contribution in [3.8, 4) is 11.4 Å². The van der Waals surface area contributed by atoms with E-state index in [0.29, 0.717) is 10.9 Å². The number of hydrogen-bond donors (Lipinski definition) is 1. The zero-order valence-corrected chi connectivity index (χ0v) is 19.1. The maximum absolute atomic E-state index is 13.0. The van der Waals surface area contributed by atoms with Crippen LogP contribution in [0.15, 0.2) is 58.5 Å². The van der Waals surface area contributed by atoms with E-state index in [1.807, 2.05) is 62.4 Å². The largest absolute Gasteiger partial charge is 0.319 e. The Morgan fingerprint density at radius 3 is 2.56 bits per heavy atom. The number of aryl methyl sites for hydroxylation is 2. The summed E-state index contributed by atoms with van der Waals surface area (Å²) in [5.74, 6) is -0.249. The zero-order valence-electron chi connectivity index (χ0n) is 18.2. The van der Waals surface area contributed by atoms with Gasteiger partial charge in [0, 0.05) is 7.05 Å². The van der Waals surface area contributed by atoms with Crippen LogP contribution in [0.5, 0.6) is 0 Å². The highest BCUT2D eigenvalue weighted by atomic mass is 32.2. The molecule has 164 valence electrons. The van der Waals surface area contributed by atoms with Crippen molar-refractivity contribution in [2.24, 2.45) is 7.05 Å². The van der Waals surface area contributed by atoms with E-state index in [4.69, 9.17) is 0 Å². The average molecular weight is 450 g/mol. The molecular weight excluding hydrogens is 426 g/mol. The molecule has 0 aliphatic rings. The van der Waals surface area contributed by atoms with Crippen LogP contribution in [0.3, 0.4) is 0 Å². The number of anilines is 1. The third-order valence-corrected chi connectivity index (χ3v) is 6.09. The highest BCUT2D eigenvalue weighted by Crippen LogP contribution is 2.22. The van der Waals surface area contributed by atoms with Crippen LogP contribution in [-0.2, 0) is 11.8 Å². The number of para-hydroxylation sites is 1. The van der Waals surface area contributed by atoms with E-state index >= 15 is 0 Å². The van der Waals surface area contributed by atoms with Gasteiger partial charge in [-0.3, -0.25) is 14.3 Å². The van der Waals surface area contributed by atoms with Gasteiger partial charge >= 0.3 is 0 Å². The molecule has 32 heavy (non-hydrogen) atoms. The van der Waals surface area contributed by atoms with Crippen LogP contribution in [0.2, 0.25) is 0 Å². The Morgan fingerprint density at radius 2 is 1.84 bits per heavy atom. The predicted molar refractivity (Wildman–Crippen MR) is 124 cm³/mol. The first kappa shape index (κ1) is 21.6. The number of carbonyl (C=O) groups is 1. The molecule has 4 rings (SSSR count). The van der Waals surface area contributed by atoms with Crippen molar-refractivity contribution in [2.75, 3.05) is 11.1 Å². The molecule has 2 aromatic heterocycles. The van der Waals surface area contributed by atoms with E-state index in [1.54, 1.807) is 23.3 Å². The highest BCUT2D eigenvalue weighted by molar-refractivity contribution is 7.99. The average Bonchev–Trinajstić information content (AvgIpc) is 3.31. The van der Waals surface area contributed by atoms with Crippen LogP contribution in [0.25, 0.3) is 11.4 Å². The summed E-state index contributed by atoms with van der Waals surface area (Å²) in [6.07, 6.45) is 0. The minimum atomic E-state index is -0.309. The zero-order chi connectivity index (χ0) is 22.8. The molecule has 0 atom stereocenters. The quantitative estimate of drug-likeness (QED) is 0.455. The molecule has 0 saturated carbocycles. The minimum Gasteiger partial charge on any atom is -0.319 e. The van der Waals surface area contributed by atoms with Crippen LogP contribution in [0.1, 0.15) is 16.8 Å². The molecule has 0 aliphatic carbocycles. The van der Waals surface area contributed by atoms with Gasteiger partial charge in [-0.15, -0.1) is 5.10 Å². The number of thioether (sulfide) groups is 1. The van der Waals surface area contributed by atoms with Gasteiger partial charge in [0.25, 0.3) is 5.56 Å². The van der Waals surface area contributed by atoms with Gasteiger partial charge < -0.3 is 5.32 Å². The standard InChI is InChI=1S/C22H23N7O2S/c1-14-10-11-18(15(2)12-14)28-22(24-25-26-28)32-13-19(30)23-20-16(3)27(4)29(21(20)31)17-8-6-5-7-9-17/h5-12H,13H2,1-4H3,(H,23,30). The molecule has 0 aliphatic heterocycles. The van der Waals surface area contributed by atoms with Crippen LogP contribution in [-0.4, -0.2) is 41.2 Å². The van der Waals surface area contributed by atoms with Gasteiger partial charge in [-0.05, 0) is 55.0 Å². The monoisotopic (exact) mass is 449 g/mol. The fourth-order valence-corrected chi connectivity index (χ4v) is 4.16. The molecular formula is C22H23N7O2S. The summed E-state index contributed by atoms with van der Waals surface area (Å²) in [6, 6.07) is 15.3. The smallest absolute Gasteiger partial charge is 0.295 e. The van der Waals surface area contributed by atoms with Crippen molar-refractivity contribution in [2.45, 2.75) is 25.9 Å². The van der Waals surface area contributed by atoms with E-state index < -0.39 is 0 Å². The first-order chi connectivity index (χ1) is 15.4. The molecule has 1 amide bonds. The molecule has 1 N–H and O–H groups in total. The molecule has 0 fully saturated rings. The maximum Gasteiger partial charge on any atom is 0.295 e. The van der Waals surface area contributed by atoms with E-state index in [-0.39, 0.29) is 22.9 Å². The van der Waals surface area contributed by atoms with Gasteiger partial charge in [-0.25, -0.2) is 4.68 Å². The fourth-order valence-electron chi connectivity index (χ4n) is 3.48. The summed E-state index contributed by atoms with van der Waals surface area (Å²) in [5.41, 5.74) is 4.40. The van der Waals surface area contributed by atoms with Crippen LogP contribution < -0.4 is 10.9 Å². The van der Waals surface area contributed by atoms with Crippen molar-refractivity contribution in [1.82, 2.24) is 29.6 Å². The highest BCUT2D eigenvalue weighted by Gasteiger charge is 2.19. The molecule has 0 bridgehead atoms. The Bertz CT molecular complexity index is 1340. The number of nitrogens with one attached hydrogen (secondary N) is 1. The van der Waals surface area contributed by atoms with Crippen molar-refractivity contribution < 1.29 is 4.79 Å². The van der Waals surface area contributed by atoms with Gasteiger partial charge in [0.2, 0.25) is 11.1 Å². The number of hydrogen-bond acceptors (Lipinski definition) is 6. The van der Waals surface area contributed by atoms with Gasteiger partial charge in [-0.2, -0.15) is 4.68 Å². The minimum absolute atomic E-state index is 0.0599. The molecule has 10 heteroatoms. The normalized spacial score (nSPS) is 11.0. The molecule has 0 radical (unpaired) electrons. The van der Waals surface area contributed by atoms with E-state index in [1.165, 1.54) is 16.4 Å². The van der Waals surface area contributed by atoms with Crippen LogP contribution in [0.4, 0.5) is 5.69 Å². The fraction of sp³-hybridized carbons (Fsp3) is 0.227. The first-order valence-corrected chi connectivity index (χ1v) is 11.0. The Labute approximate surface area is 189 Å². The number of tetrazole rings is 1. The number of benzene rings is 2. The molecule has 2 aromatic carbocycles. The van der Waals surface area contributed by atoms with E-state index in [0.717, 1.165) is 22.5 Å². The number of rotatable bonds is 6. The number of aromatic nitrogens is 6. The van der Waals surface area contributed by atoms with Crippen molar-refractivity contribution in [3.63, 3.8) is 0 Å². The topological polar surface area (TPSA) is 99.6 Å². The first-order valence-electron chi connectivity index (χ1n) is 9.99. The second-order valence-corrected chi connectivity index (χ2v) is 8.38. The molecule has 0 saturated heterocycles. The third kappa shape index (κ3) is 4.09. The van der Waals surface area contributed by atoms with Crippen molar-refractivity contribution in [1.29, 1.82) is 0 Å².